The molecule has 0 saturated heterocycles. The summed E-state index contributed by atoms with van der Waals surface area (Å²) in [6.45, 7) is 4.62. The summed E-state index contributed by atoms with van der Waals surface area (Å²) in [4.78, 5) is 11.9. The van der Waals surface area contributed by atoms with Crippen LogP contribution < -0.4 is 5.32 Å². The quantitative estimate of drug-likeness (QED) is 0.752. The fourth-order valence-corrected chi connectivity index (χ4v) is 1.71. The topological polar surface area (TPSA) is 71.9 Å². The highest BCUT2D eigenvalue weighted by molar-refractivity contribution is 7.71. The molecule has 0 aromatic carbocycles. The van der Waals surface area contributed by atoms with Crippen LogP contribution in [0.15, 0.2) is 0 Å². The number of H-pyrrole nitrogens is 1. The maximum absolute atomic E-state index is 11.9. The number of ether oxygens (including phenoxy) is 1. The number of nitrogens with zero attached hydrogens (tertiary/aromatic N) is 2. The summed E-state index contributed by atoms with van der Waals surface area (Å²) in [5, 5.41) is 9.66. The summed E-state index contributed by atoms with van der Waals surface area (Å²) in [6, 6.07) is 0. The Hall–Kier alpha value is -1.21. The largest absolute Gasteiger partial charge is 0.384 e. The van der Waals surface area contributed by atoms with Crippen LogP contribution in [0.1, 0.15) is 19.7 Å². The van der Waals surface area contributed by atoms with Crippen molar-refractivity contribution in [3.05, 3.63) is 10.6 Å². The van der Waals surface area contributed by atoms with Crippen LogP contribution >= 0.6 is 12.2 Å². The predicted octanol–water partition coefficient (Wildman–Crippen LogP) is 0.809. The monoisotopic (exact) mass is 272 g/mol. The molecule has 1 rings (SSSR count). The van der Waals surface area contributed by atoms with E-state index in [-0.39, 0.29) is 5.91 Å². The van der Waals surface area contributed by atoms with Crippen molar-refractivity contribution in [3.8, 4) is 0 Å². The third-order valence-electron chi connectivity index (χ3n) is 2.73. The summed E-state index contributed by atoms with van der Waals surface area (Å²) >= 11 is 5.01. The maximum Gasteiger partial charge on any atom is 0.228 e. The zero-order valence-electron chi connectivity index (χ0n) is 11.2. The summed E-state index contributed by atoms with van der Waals surface area (Å²) in [6.07, 6.45) is 0.637. The van der Waals surface area contributed by atoms with Gasteiger partial charge in [-0.25, -0.2) is 0 Å². The molecule has 0 fully saturated rings. The van der Waals surface area contributed by atoms with Crippen molar-refractivity contribution in [1.29, 1.82) is 0 Å². The van der Waals surface area contributed by atoms with Gasteiger partial charge in [-0.1, -0.05) is 0 Å². The Balaban J connectivity index is 2.45. The minimum atomic E-state index is -0.522. The number of hydrogen-bond donors (Lipinski definition) is 2. The summed E-state index contributed by atoms with van der Waals surface area (Å²) in [5.41, 5.74) is -0.522. The number of methoxy groups -OCH3 is 1. The molecule has 1 heterocycles. The third-order valence-corrected chi connectivity index (χ3v) is 3.09. The van der Waals surface area contributed by atoms with Gasteiger partial charge in [0.05, 0.1) is 12.0 Å². The Morgan fingerprint density at radius 3 is 2.78 bits per heavy atom. The van der Waals surface area contributed by atoms with Crippen LogP contribution in [0.25, 0.3) is 0 Å². The van der Waals surface area contributed by atoms with Crippen LogP contribution in [0.2, 0.25) is 0 Å². The molecule has 1 aromatic rings. The Bertz CT molecular complexity index is 464. The molecule has 18 heavy (non-hydrogen) atoms. The molecule has 0 saturated carbocycles. The molecule has 0 atom stereocenters. The molecule has 0 spiro atoms. The summed E-state index contributed by atoms with van der Waals surface area (Å²) in [5.74, 6) is 0.797. The molecule has 0 radical (unpaired) electrons. The van der Waals surface area contributed by atoms with E-state index in [4.69, 9.17) is 17.0 Å². The van der Waals surface area contributed by atoms with E-state index >= 15 is 0 Å². The van der Waals surface area contributed by atoms with Crippen LogP contribution in [0.5, 0.6) is 0 Å². The SMILES string of the molecule is COCC(C)(C)C(=O)NCCc1n[nH]c(=S)n1C. The van der Waals surface area contributed by atoms with Crippen LogP contribution in [-0.2, 0) is 23.0 Å². The lowest BCUT2D eigenvalue weighted by Gasteiger charge is -2.22. The molecule has 0 unspecified atom stereocenters. The van der Waals surface area contributed by atoms with Crippen LogP contribution in [0.3, 0.4) is 0 Å². The molecule has 0 bridgehead atoms. The molecule has 1 amide bonds. The number of aromatic amines is 1. The second-order valence-electron chi connectivity index (χ2n) is 4.83. The van der Waals surface area contributed by atoms with Gasteiger partial charge in [-0.3, -0.25) is 9.89 Å². The molecular formula is C11H20N4O2S. The zero-order chi connectivity index (χ0) is 13.8. The molecule has 0 aliphatic heterocycles. The smallest absolute Gasteiger partial charge is 0.228 e. The van der Waals surface area contributed by atoms with E-state index in [1.807, 2.05) is 20.9 Å². The molecular weight excluding hydrogens is 252 g/mol. The Morgan fingerprint density at radius 1 is 1.61 bits per heavy atom. The van der Waals surface area contributed by atoms with Gasteiger partial charge < -0.3 is 14.6 Å². The van der Waals surface area contributed by atoms with Crippen molar-refractivity contribution in [2.75, 3.05) is 20.3 Å². The van der Waals surface area contributed by atoms with Gasteiger partial charge in [0.25, 0.3) is 0 Å². The molecule has 2 N–H and O–H groups in total. The highest BCUT2D eigenvalue weighted by atomic mass is 32.1. The van der Waals surface area contributed by atoms with Gasteiger partial charge in [-0.2, -0.15) is 5.10 Å². The fraction of sp³-hybridized carbons (Fsp3) is 0.727. The second-order valence-corrected chi connectivity index (χ2v) is 5.21. The minimum absolute atomic E-state index is 0.0267. The van der Waals surface area contributed by atoms with Gasteiger partial charge in [-0.15, -0.1) is 0 Å². The first kappa shape index (κ1) is 14.8. The van der Waals surface area contributed by atoms with E-state index in [0.717, 1.165) is 5.82 Å². The fourth-order valence-electron chi connectivity index (χ4n) is 1.56. The lowest BCUT2D eigenvalue weighted by atomic mass is 9.93. The number of nitrogens with one attached hydrogen (secondary N) is 2. The van der Waals surface area contributed by atoms with Gasteiger partial charge in [0.1, 0.15) is 5.82 Å². The number of hydrogen-bond acceptors (Lipinski definition) is 4. The number of amides is 1. The predicted molar refractivity (Wildman–Crippen MR) is 70.8 cm³/mol. The van der Waals surface area contributed by atoms with Crippen molar-refractivity contribution in [1.82, 2.24) is 20.1 Å². The number of carbonyl (C=O) groups excluding carboxylic acids is 1. The second kappa shape index (κ2) is 6.10. The molecule has 7 heteroatoms. The standard InChI is InChI=1S/C11H20N4O2S/c1-11(2,7-17-4)9(16)12-6-5-8-13-14-10(18)15(8)3/h5-7H2,1-4H3,(H,12,16)(H,14,18). The van der Waals surface area contributed by atoms with Crippen molar-refractivity contribution < 1.29 is 9.53 Å². The van der Waals surface area contributed by atoms with E-state index in [2.05, 4.69) is 15.5 Å². The molecule has 1 aromatic heterocycles. The van der Waals surface area contributed by atoms with E-state index < -0.39 is 5.41 Å². The van der Waals surface area contributed by atoms with E-state index in [1.165, 1.54) is 0 Å². The van der Waals surface area contributed by atoms with Crippen molar-refractivity contribution in [2.24, 2.45) is 12.5 Å². The van der Waals surface area contributed by atoms with Gasteiger partial charge in [0.15, 0.2) is 4.77 Å². The normalized spacial score (nSPS) is 11.6. The van der Waals surface area contributed by atoms with Crippen molar-refractivity contribution in [2.45, 2.75) is 20.3 Å². The van der Waals surface area contributed by atoms with Gasteiger partial charge in [-0.05, 0) is 26.1 Å². The molecule has 0 aliphatic carbocycles. The van der Waals surface area contributed by atoms with Crippen LogP contribution in [0, 0.1) is 10.2 Å². The first-order valence-electron chi connectivity index (χ1n) is 5.76. The first-order chi connectivity index (χ1) is 8.38. The maximum atomic E-state index is 11.9. The highest BCUT2D eigenvalue weighted by Gasteiger charge is 2.27. The average molecular weight is 272 g/mol. The number of aromatic nitrogens is 3. The third kappa shape index (κ3) is 3.64. The zero-order valence-corrected chi connectivity index (χ0v) is 12.1. The highest BCUT2D eigenvalue weighted by Crippen LogP contribution is 2.14. The van der Waals surface area contributed by atoms with Gasteiger partial charge in [0.2, 0.25) is 5.91 Å². The lowest BCUT2D eigenvalue weighted by Crippen LogP contribution is -2.40. The lowest BCUT2D eigenvalue weighted by molar-refractivity contribution is -0.131. The molecule has 0 aliphatic rings. The molecule has 102 valence electrons. The van der Waals surface area contributed by atoms with E-state index in [1.54, 1.807) is 11.7 Å². The van der Waals surface area contributed by atoms with E-state index in [0.29, 0.717) is 24.3 Å². The van der Waals surface area contributed by atoms with Crippen LogP contribution in [0.4, 0.5) is 0 Å². The average Bonchev–Trinajstić information content (AvgIpc) is 2.60. The minimum Gasteiger partial charge on any atom is -0.384 e. The Morgan fingerprint density at radius 2 is 2.28 bits per heavy atom. The van der Waals surface area contributed by atoms with Crippen LogP contribution in [-0.4, -0.2) is 40.9 Å². The van der Waals surface area contributed by atoms with Crippen molar-refractivity contribution >= 4 is 18.1 Å². The first-order valence-corrected chi connectivity index (χ1v) is 6.17. The Kier molecular flexibility index (Phi) is 5.03. The van der Waals surface area contributed by atoms with Gasteiger partial charge in [0, 0.05) is 27.1 Å². The van der Waals surface area contributed by atoms with Crippen molar-refractivity contribution in [3.63, 3.8) is 0 Å². The summed E-state index contributed by atoms with van der Waals surface area (Å²) < 4.78 is 7.39. The van der Waals surface area contributed by atoms with E-state index in [9.17, 15) is 4.79 Å². The van der Waals surface area contributed by atoms with Gasteiger partial charge >= 0.3 is 0 Å². The Labute approximate surface area is 112 Å². The number of rotatable bonds is 6. The number of carbonyl (C=O) groups is 1. The summed E-state index contributed by atoms with van der Waals surface area (Å²) in [7, 11) is 3.43. The molecule has 6 nitrogen and oxygen atoms in total.